The van der Waals surface area contributed by atoms with Crippen LogP contribution in [0.15, 0.2) is 72.8 Å². The summed E-state index contributed by atoms with van der Waals surface area (Å²) in [6.07, 6.45) is 0. The molecule has 2 N–H and O–H groups in total. The Morgan fingerprint density at radius 1 is 0.852 bits per heavy atom. The van der Waals surface area contributed by atoms with Crippen LogP contribution >= 0.6 is 0 Å². The molecule has 138 valence electrons. The summed E-state index contributed by atoms with van der Waals surface area (Å²) < 4.78 is 5.49. The third-order valence-corrected chi connectivity index (χ3v) is 4.30. The molecule has 0 fully saturated rings. The number of hydrogen-bond donors (Lipinski definition) is 2. The van der Waals surface area contributed by atoms with Crippen LogP contribution in [0.5, 0.6) is 5.75 Å². The van der Waals surface area contributed by atoms with Crippen molar-refractivity contribution < 1.29 is 9.53 Å². The fourth-order valence-corrected chi connectivity index (χ4v) is 2.66. The first-order chi connectivity index (χ1) is 13.1. The molecule has 4 heteroatoms. The molecule has 0 saturated carbocycles. The summed E-state index contributed by atoms with van der Waals surface area (Å²) in [4.78, 5) is 12.0. The van der Waals surface area contributed by atoms with Gasteiger partial charge in [-0.3, -0.25) is 4.79 Å². The summed E-state index contributed by atoms with van der Waals surface area (Å²) in [7, 11) is 0. The predicted molar refractivity (Wildman–Crippen MR) is 110 cm³/mol. The lowest BCUT2D eigenvalue weighted by atomic mass is 10.1. The van der Waals surface area contributed by atoms with Gasteiger partial charge in [0.25, 0.3) is 5.91 Å². The summed E-state index contributed by atoms with van der Waals surface area (Å²) in [5, 5.41) is 6.24. The van der Waals surface area contributed by atoms with E-state index in [0.717, 1.165) is 23.5 Å². The number of rotatable bonds is 7. The van der Waals surface area contributed by atoms with E-state index in [1.807, 2.05) is 67.6 Å². The molecular formula is C23H24N2O2. The van der Waals surface area contributed by atoms with Crippen LogP contribution in [0, 0.1) is 13.8 Å². The van der Waals surface area contributed by atoms with Crippen molar-refractivity contribution in [2.24, 2.45) is 0 Å². The van der Waals surface area contributed by atoms with Crippen molar-refractivity contribution in [3.63, 3.8) is 0 Å². The second kappa shape index (κ2) is 8.90. The van der Waals surface area contributed by atoms with Gasteiger partial charge in [-0.15, -0.1) is 0 Å². The molecule has 4 nitrogen and oxygen atoms in total. The number of nitrogens with one attached hydrogen (secondary N) is 2. The Bertz CT molecular complexity index is 887. The largest absolute Gasteiger partial charge is 0.484 e. The minimum Gasteiger partial charge on any atom is -0.484 e. The van der Waals surface area contributed by atoms with Crippen LogP contribution in [0.25, 0.3) is 0 Å². The summed E-state index contributed by atoms with van der Waals surface area (Å²) in [5.74, 6) is 0.502. The van der Waals surface area contributed by atoms with Crippen LogP contribution in [0.1, 0.15) is 16.7 Å². The SMILES string of the molecule is Cc1ccc(OCC(=O)Nc2ccc(NCc3ccccc3C)cc2)cc1. The quantitative estimate of drug-likeness (QED) is 0.628. The standard InChI is InChI=1S/C23H24N2O2/c1-17-7-13-22(14-8-17)27-16-23(26)25-21-11-9-20(10-12-21)24-15-19-6-4-3-5-18(19)2/h3-14,24H,15-16H2,1-2H3,(H,25,26). The highest BCUT2D eigenvalue weighted by atomic mass is 16.5. The van der Waals surface area contributed by atoms with Crippen molar-refractivity contribution in [1.29, 1.82) is 0 Å². The van der Waals surface area contributed by atoms with Crippen LogP contribution in [-0.4, -0.2) is 12.5 Å². The van der Waals surface area contributed by atoms with Gasteiger partial charge < -0.3 is 15.4 Å². The van der Waals surface area contributed by atoms with Gasteiger partial charge in [-0.05, 0) is 61.4 Å². The fourth-order valence-electron chi connectivity index (χ4n) is 2.66. The first kappa shape index (κ1) is 18.5. The minimum atomic E-state index is -0.184. The van der Waals surface area contributed by atoms with E-state index < -0.39 is 0 Å². The highest BCUT2D eigenvalue weighted by Gasteiger charge is 2.04. The Hall–Kier alpha value is -3.27. The maximum atomic E-state index is 12.0. The van der Waals surface area contributed by atoms with E-state index in [0.29, 0.717) is 5.75 Å². The highest BCUT2D eigenvalue weighted by molar-refractivity contribution is 5.92. The van der Waals surface area contributed by atoms with Gasteiger partial charge in [0.2, 0.25) is 0 Å². The Morgan fingerprint density at radius 2 is 1.52 bits per heavy atom. The fraction of sp³-hybridized carbons (Fsp3) is 0.174. The van der Waals surface area contributed by atoms with E-state index in [4.69, 9.17) is 4.74 Å². The number of carbonyl (C=O) groups excluding carboxylic acids is 1. The van der Waals surface area contributed by atoms with Gasteiger partial charge in [0.15, 0.2) is 6.61 Å². The lowest BCUT2D eigenvalue weighted by Gasteiger charge is -2.11. The third kappa shape index (κ3) is 5.61. The second-order valence-corrected chi connectivity index (χ2v) is 6.51. The molecule has 0 aromatic heterocycles. The van der Waals surface area contributed by atoms with E-state index in [1.54, 1.807) is 0 Å². The van der Waals surface area contributed by atoms with Gasteiger partial charge in [0.1, 0.15) is 5.75 Å². The molecule has 0 aliphatic carbocycles. The molecule has 0 saturated heterocycles. The normalized spacial score (nSPS) is 10.3. The number of amides is 1. The first-order valence-electron chi connectivity index (χ1n) is 8.98. The van der Waals surface area contributed by atoms with Crippen LogP contribution in [0.3, 0.4) is 0 Å². The predicted octanol–water partition coefficient (Wildman–Crippen LogP) is 4.93. The third-order valence-electron chi connectivity index (χ3n) is 4.30. The van der Waals surface area contributed by atoms with Crippen molar-refractivity contribution in [3.05, 3.63) is 89.5 Å². The number of hydrogen-bond acceptors (Lipinski definition) is 3. The van der Waals surface area contributed by atoms with E-state index >= 15 is 0 Å². The van der Waals surface area contributed by atoms with Crippen LogP contribution in [0.2, 0.25) is 0 Å². The lowest BCUT2D eigenvalue weighted by molar-refractivity contribution is -0.118. The monoisotopic (exact) mass is 360 g/mol. The van der Waals surface area contributed by atoms with Gasteiger partial charge >= 0.3 is 0 Å². The molecule has 0 atom stereocenters. The molecular weight excluding hydrogens is 336 g/mol. The number of carbonyl (C=O) groups is 1. The Balaban J connectivity index is 1.47. The van der Waals surface area contributed by atoms with E-state index in [2.05, 4.69) is 29.7 Å². The topological polar surface area (TPSA) is 50.4 Å². The lowest BCUT2D eigenvalue weighted by Crippen LogP contribution is -2.20. The zero-order chi connectivity index (χ0) is 19.1. The van der Waals surface area contributed by atoms with Gasteiger partial charge in [-0.25, -0.2) is 0 Å². The first-order valence-corrected chi connectivity index (χ1v) is 8.98. The average molecular weight is 360 g/mol. The molecule has 0 aliphatic heterocycles. The van der Waals surface area contributed by atoms with Crippen molar-refractivity contribution in [2.45, 2.75) is 20.4 Å². The molecule has 0 radical (unpaired) electrons. The molecule has 3 aromatic rings. The van der Waals surface area contributed by atoms with Crippen molar-refractivity contribution in [2.75, 3.05) is 17.2 Å². The summed E-state index contributed by atoms with van der Waals surface area (Å²) >= 11 is 0. The van der Waals surface area contributed by atoms with Crippen molar-refractivity contribution >= 4 is 17.3 Å². The zero-order valence-electron chi connectivity index (χ0n) is 15.7. The van der Waals surface area contributed by atoms with Crippen LogP contribution in [-0.2, 0) is 11.3 Å². The highest BCUT2D eigenvalue weighted by Crippen LogP contribution is 2.16. The van der Waals surface area contributed by atoms with E-state index in [1.165, 1.54) is 11.1 Å². The number of anilines is 2. The minimum absolute atomic E-state index is 0.0175. The molecule has 0 aliphatic rings. The molecule has 0 spiro atoms. The molecule has 3 aromatic carbocycles. The van der Waals surface area contributed by atoms with E-state index in [-0.39, 0.29) is 12.5 Å². The summed E-state index contributed by atoms with van der Waals surface area (Å²) in [5.41, 5.74) is 5.44. The molecule has 0 bridgehead atoms. The number of ether oxygens (including phenoxy) is 1. The molecule has 0 heterocycles. The Labute approximate surface area is 160 Å². The summed E-state index contributed by atoms with van der Waals surface area (Å²) in [6.45, 7) is 4.86. The maximum absolute atomic E-state index is 12.0. The second-order valence-electron chi connectivity index (χ2n) is 6.51. The number of aryl methyl sites for hydroxylation is 2. The zero-order valence-corrected chi connectivity index (χ0v) is 15.7. The molecule has 1 amide bonds. The van der Waals surface area contributed by atoms with E-state index in [9.17, 15) is 4.79 Å². The Morgan fingerprint density at radius 3 is 2.22 bits per heavy atom. The van der Waals surface area contributed by atoms with Gasteiger partial charge in [0, 0.05) is 17.9 Å². The molecule has 0 unspecified atom stereocenters. The van der Waals surface area contributed by atoms with Gasteiger partial charge in [-0.2, -0.15) is 0 Å². The van der Waals surface area contributed by atoms with Crippen molar-refractivity contribution in [3.8, 4) is 5.75 Å². The summed E-state index contributed by atoms with van der Waals surface area (Å²) in [6, 6.07) is 23.6. The molecule has 27 heavy (non-hydrogen) atoms. The van der Waals surface area contributed by atoms with Crippen LogP contribution in [0.4, 0.5) is 11.4 Å². The van der Waals surface area contributed by atoms with Crippen LogP contribution < -0.4 is 15.4 Å². The van der Waals surface area contributed by atoms with Gasteiger partial charge in [0.05, 0.1) is 0 Å². The average Bonchev–Trinajstić information content (AvgIpc) is 2.68. The maximum Gasteiger partial charge on any atom is 0.262 e. The van der Waals surface area contributed by atoms with Crippen molar-refractivity contribution in [1.82, 2.24) is 0 Å². The molecule has 3 rings (SSSR count). The number of benzene rings is 3. The smallest absolute Gasteiger partial charge is 0.262 e. The van der Waals surface area contributed by atoms with Gasteiger partial charge in [-0.1, -0.05) is 42.0 Å². The Kier molecular flexibility index (Phi) is 6.10.